The molecule has 0 aromatic heterocycles. The van der Waals surface area contributed by atoms with Crippen LogP contribution in [0.2, 0.25) is 0 Å². The molecule has 2 aliphatic heterocycles. The van der Waals surface area contributed by atoms with E-state index in [0.717, 1.165) is 4.90 Å². The molecule has 0 spiro atoms. The van der Waals surface area contributed by atoms with Gasteiger partial charge in [0, 0.05) is 12.1 Å². The van der Waals surface area contributed by atoms with Crippen LogP contribution in [0.4, 0.5) is 17.1 Å². The number of ether oxygens (including phenoxy) is 1. The molecule has 33 heavy (non-hydrogen) atoms. The van der Waals surface area contributed by atoms with Gasteiger partial charge in [-0.25, -0.2) is 9.96 Å². The first-order chi connectivity index (χ1) is 16.0. The summed E-state index contributed by atoms with van der Waals surface area (Å²) in [6.45, 7) is 0. The van der Waals surface area contributed by atoms with E-state index in [2.05, 4.69) is 0 Å². The molecule has 2 heterocycles. The van der Waals surface area contributed by atoms with Crippen molar-refractivity contribution in [3.05, 3.63) is 94.5 Å². The van der Waals surface area contributed by atoms with Gasteiger partial charge in [0.05, 0.1) is 29.0 Å². The highest BCUT2D eigenvalue weighted by Crippen LogP contribution is 2.49. The van der Waals surface area contributed by atoms with E-state index in [9.17, 15) is 19.7 Å². The van der Waals surface area contributed by atoms with E-state index in [-0.39, 0.29) is 5.69 Å². The average Bonchev–Trinajstić information content (AvgIpc) is 3.35. The smallest absolute Gasteiger partial charge is 0.274 e. The molecule has 0 N–H and O–H groups in total. The fourth-order valence-corrected chi connectivity index (χ4v) is 4.44. The minimum Gasteiger partial charge on any atom is -0.497 e. The zero-order chi connectivity index (χ0) is 23.1. The number of hydroxylamine groups is 1. The summed E-state index contributed by atoms with van der Waals surface area (Å²) in [5.74, 6) is -1.49. The molecule has 0 unspecified atom stereocenters. The minimum atomic E-state index is -1.12. The quantitative estimate of drug-likeness (QED) is 0.336. The number of carbonyl (C=O) groups is 2. The number of methoxy groups -OCH3 is 1. The molecule has 3 aromatic carbocycles. The Morgan fingerprint density at radius 1 is 0.909 bits per heavy atom. The lowest BCUT2D eigenvalue weighted by Gasteiger charge is -2.28. The van der Waals surface area contributed by atoms with E-state index in [4.69, 9.17) is 9.57 Å². The maximum Gasteiger partial charge on any atom is 0.274 e. The second kappa shape index (κ2) is 8.03. The summed E-state index contributed by atoms with van der Waals surface area (Å²) in [6, 6.07) is 20.9. The Labute approximate surface area is 188 Å². The molecule has 0 radical (unpaired) electrons. The van der Waals surface area contributed by atoms with Crippen molar-refractivity contribution >= 4 is 28.9 Å². The fraction of sp³-hybridized carbons (Fsp3) is 0.167. The molecule has 166 valence electrons. The molecule has 9 heteroatoms. The number of anilines is 2. The SMILES string of the molecule is COc1cccc(N2C(=O)[C@@H]3[C@@H](ON(c4ccccc4)[C@H]3c3ccccc3[N+](=O)[O-])C2=O)c1. The maximum absolute atomic E-state index is 13.6. The highest BCUT2D eigenvalue weighted by atomic mass is 16.7. The summed E-state index contributed by atoms with van der Waals surface area (Å²) in [5.41, 5.74) is 1.10. The number of nitrogens with zero attached hydrogens (tertiary/aromatic N) is 3. The van der Waals surface area contributed by atoms with Crippen molar-refractivity contribution in [1.29, 1.82) is 0 Å². The summed E-state index contributed by atoms with van der Waals surface area (Å²) in [6.07, 6.45) is -1.12. The lowest BCUT2D eigenvalue weighted by atomic mass is 9.89. The molecule has 3 atom stereocenters. The Balaban J connectivity index is 1.63. The molecule has 3 aromatic rings. The maximum atomic E-state index is 13.6. The summed E-state index contributed by atoms with van der Waals surface area (Å²) < 4.78 is 5.22. The fourth-order valence-electron chi connectivity index (χ4n) is 4.44. The molecule has 2 aliphatic rings. The van der Waals surface area contributed by atoms with Gasteiger partial charge < -0.3 is 4.74 Å². The summed E-state index contributed by atoms with van der Waals surface area (Å²) >= 11 is 0. The van der Waals surface area contributed by atoms with E-state index in [1.54, 1.807) is 66.7 Å². The lowest BCUT2D eigenvalue weighted by molar-refractivity contribution is -0.385. The van der Waals surface area contributed by atoms with Crippen LogP contribution in [0.3, 0.4) is 0 Å². The number of rotatable bonds is 5. The number of carbonyl (C=O) groups excluding carboxylic acids is 2. The van der Waals surface area contributed by atoms with Gasteiger partial charge in [-0.3, -0.25) is 24.5 Å². The third kappa shape index (κ3) is 3.30. The van der Waals surface area contributed by atoms with Gasteiger partial charge in [0.1, 0.15) is 17.7 Å². The monoisotopic (exact) mass is 445 g/mol. The first-order valence-corrected chi connectivity index (χ1v) is 10.3. The number of nitro groups is 1. The van der Waals surface area contributed by atoms with Crippen molar-refractivity contribution in [1.82, 2.24) is 0 Å². The predicted molar refractivity (Wildman–Crippen MR) is 119 cm³/mol. The van der Waals surface area contributed by atoms with Crippen LogP contribution in [0.5, 0.6) is 5.75 Å². The van der Waals surface area contributed by atoms with Crippen molar-refractivity contribution in [2.75, 3.05) is 17.1 Å². The van der Waals surface area contributed by atoms with Crippen LogP contribution in [0.25, 0.3) is 0 Å². The molecule has 2 amide bonds. The van der Waals surface area contributed by atoms with E-state index < -0.39 is 34.8 Å². The molecule has 0 bridgehead atoms. The normalized spacial score (nSPS) is 21.9. The topological polar surface area (TPSA) is 102 Å². The van der Waals surface area contributed by atoms with Gasteiger partial charge in [0.25, 0.3) is 11.6 Å². The molecule has 9 nitrogen and oxygen atoms in total. The van der Waals surface area contributed by atoms with Crippen molar-refractivity contribution in [2.45, 2.75) is 12.1 Å². The Kier molecular flexibility index (Phi) is 5.02. The van der Waals surface area contributed by atoms with Crippen molar-refractivity contribution < 1.29 is 24.1 Å². The minimum absolute atomic E-state index is 0.146. The lowest BCUT2D eigenvalue weighted by Crippen LogP contribution is -2.37. The van der Waals surface area contributed by atoms with Gasteiger partial charge in [0.15, 0.2) is 6.10 Å². The molecule has 0 aliphatic carbocycles. The number of amides is 2. The third-order valence-electron chi connectivity index (χ3n) is 5.89. The molecular weight excluding hydrogens is 426 g/mol. The number of benzene rings is 3. The highest BCUT2D eigenvalue weighted by Gasteiger charge is 2.61. The number of nitro benzene ring substituents is 1. The van der Waals surface area contributed by atoms with Gasteiger partial charge in [-0.1, -0.05) is 36.4 Å². The first kappa shape index (κ1) is 20.7. The average molecular weight is 445 g/mol. The highest BCUT2D eigenvalue weighted by molar-refractivity contribution is 6.24. The Morgan fingerprint density at radius 2 is 1.61 bits per heavy atom. The zero-order valence-corrected chi connectivity index (χ0v) is 17.5. The molecular formula is C24H19N3O6. The van der Waals surface area contributed by atoms with E-state index in [0.29, 0.717) is 22.7 Å². The van der Waals surface area contributed by atoms with Crippen LogP contribution in [0, 0.1) is 16.0 Å². The third-order valence-corrected chi connectivity index (χ3v) is 5.89. The van der Waals surface area contributed by atoms with Crippen LogP contribution in [0.1, 0.15) is 11.6 Å². The van der Waals surface area contributed by atoms with Gasteiger partial charge in [0.2, 0.25) is 5.91 Å². The van der Waals surface area contributed by atoms with E-state index in [1.165, 1.54) is 18.2 Å². The molecule has 0 saturated carbocycles. The van der Waals surface area contributed by atoms with Crippen molar-refractivity contribution in [3.8, 4) is 5.75 Å². The van der Waals surface area contributed by atoms with Gasteiger partial charge in [-0.05, 0) is 30.3 Å². The van der Waals surface area contributed by atoms with E-state index in [1.807, 2.05) is 6.07 Å². The second-order valence-electron chi connectivity index (χ2n) is 7.69. The Hall–Kier alpha value is -4.24. The first-order valence-electron chi connectivity index (χ1n) is 10.3. The molecule has 2 saturated heterocycles. The molecule has 2 fully saturated rings. The summed E-state index contributed by atoms with van der Waals surface area (Å²) in [5, 5.41) is 13.2. The number of para-hydroxylation sites is 2. The van der Waals surface area contributed by atoms with Crippen LogP contribution in [-0.4, -0.2) is 30.0 Å². The molecule has 5 rings (SSSR count). The van der Waals surface area contributed by atoms with Crippen LogP contribution in [0.15, 0.2) is 78.9 Å². The number of fused-ring (bicyclic) bond motifs is 1. The van der Waals surface area contributed by atoms with Crippen LogP contribution >= 0.6 is 0 Å². The number of hydrogen-bond donors (Lipinski definition) is 0. The van der Waals surface area contributed by atoms with Crippen LogP contribution < -0.4 is 14.7 Å². The number of imide groups is 1. The zero-order valence-electron chi connectivity index (χ0n) is 17.5. The van der Waals surface area contributed by atoms with Gasteiger partial charge >= 0.3 is 0 Å². The van der Waals surface area contributed by atoms with Crippen molar-refractivity contribution in [2.24, 2.45) is 5.92 Å². The summed E-state index contributed by atoms with van der Waals surface area (Å²) in [7, 11) is 1.49. The van der Waals surface area contributed by atoms with E-state index >= 15 is 0 Å². The summed E-state index contributed by atoms with van der Waals surface area (Å²) in [4.78, 5) is 45.4. The van der Waals surface area contributed by atoms with Crippen LogP contribution in [-0.2, 0) is 14.4 Å². The predicted octanol–water partition coefficient (Wildman–Crippen LogP) is 3.65. The van der Waals surface area contributed by atoms with Crippen molar-refractivity contribution in [3.63, 3.8) is 0 Å². The van der Waals surface area contributed by atoms with Gasteiger partial charge in [-0.2, -0.15) is 0 Å². The Bertz CT molecular complexity index is 1250. The largest absolute Gasteiger partial charge is 0.497 e. The second-order valence-corrected chi connectivity index (χ2v) is 7.69. The number of hydrogen-bond acceptors (Lipinski definition) is 7. The standard InChI is InChI=1S/C24H19N3O6/c1-32-17-11-7-10-16(14-17)25-23(28)20-21(18-12-5-6-13-19(18)27(30)31)26(33-22(20)24(25)29)15-8-3-2-4-9-15/h2-14,20-22H,1H3/t20-,21-,22+/m0/s1. The van der Waals surface area contributed by atoms with Gasteiger partial charge in [-0.15, -0.1) is 0 Å². The Morgan fingerprint density at radius 3 is 2.33 bits per heavy atom.